The van der Waals surface area contributed by atoms with Crippen LogP contribution in [-0.4, -0.2) is 18.3 Å². The summed E-state index contributed by atoms with van der Waals surface area (Å²) in [5.41, 5.74) is 5.53. The van der Waals surface area contributed by atoms with Gasteiger partial charge in [0.05, 0.1) is 0 Å². The van der Waals surface area contributed by atoms with E-state index in [-0.39, 0.29) is 6.61 Å². The van der Waals surface area contributed by atoms with Gasteiger partial charge in [0.25, 0.3) is 0 Å². The van der Waals surface area contributed by atoms with Crippen LogP contribution in [0.2, 0.25) is 0 Å². The minimum absolute atomic E-state index is 0.286. The molecule has 0 aliphatic rings. The number of unbranched alkanes of at least 4 members (excludes halogenated alkanes) is 2. The van der Waals surface area contributed by atoms with Crippen molar-refractivity contribution in [1.29, 1.82) is 0 Å². The molecule has 0 amide bonds. The summed E-state index contributed by atoms with van der Waals surface area (Å²) in [4.78, 5) is 0. The second kappa shape index (κ2) is 8.02. The highest BCUT2D eigenvalue weighted by Gasteiger charge is 2.04. The Hall–Kier alpha value is -0.0800. The number of hydrogen-bond acceptors (Lipinski definition) is 2. The molecule has 0 saturated carbocycles. The van der Waals surface area contributed by atoms with Gasteiger partial charge in [0.2, 0.25) is 0 Å². The van der Waals surface area contributed by atoms with Crippen LogP contribution in [0.25, 0.3) is 0 Å². The summed E-state index contributed by atoms with van der Waals surface area (Å²) >= 11 is 0. The molecular formula is C9H21NO. The summed E-state index contributed by atoms with van der Waals surface area (Å²) < 4.78 is 0. The quantitative estimate of drug-likeness (QED) is 0.553. The van der Waals surface area contributed by atoms with Crippen LogP contribution in [0.1, 0.15) is 39.0 Å². The van der Waals surface area contributed by atoms with Crippen LogP contribution in [-0.2, 0) is 0 Å². The molecule has 0 aliphatic heterocycles. The molecule has 2 heteroatoms. The van der Waals surface area contributed by atoms with E-state index in [0.29, 0.717) is 5.92 Å². The molecule has 0 aliphatic carbocycles. The zero-order valence-corrected chi connectivity index (χ0v) is 7.55. The van der Waals surface area contributed by atoms with Gasteiger partial charge in [-0.1, -0.05) is 26.2 Å². The molecule has 0 aromatic heterocycles. The summed E-state index contributed by atoms with van der Waals surface area (Å²) in [7, 11) is 0. The van der Waals surface area contributed by atoms with Gasteiger partial charge in [-0.3, -0.25) is 0 Å². The first kappa shape index (κ1) is 10.9. The first-order chi connectivity index (χ1) is 5.35. The molecule has 0 aromatic carbocycles. The van der Waals surface area contributed by atoms with Gasteiger partial charge in [0, 0.05) is 6.61 Å². The van der Waals surface area contributed by atoms with Crippen molar-refractivity contribution < 1.29 is 5.11 Å². The maximum absolute atomic E-state index is 8.67. The fraction of sp³-hybridized carbons (Fsp3) is 1.00. The van der Waals surface area contributed by atoms with E-state index in [4.69, 9.17) is 10.8 Å². The predicted octanol–water partition coefficient (Wildman–Crippen LogP) is 1.52. The highest BCUT2D eigenvalue weighted by Crippen LogP contribution is 2.11. The summed E-state index contributed by atoms with van der Waals surface area (Å²) in [5.74, 6) is 0.548. The molecule has 0 fully saturated rings. The monoisotopic (exact) mass is 159 g/mol. The highest BCUT2D eigenvalue weighted by atomic mass is 16.3. The number of hydrogen-bond donors (Lipinski definition) is 2. The van der Waals surface area contributed by atoms with Gasteiger partial charge in [-0.2, -0.15) is 0 Å². The lowest BCUT2D eigenvalue weighted by atomic mass is 9.98. The fourth-order valence-electron chi connectivity index (χ4n) is 1.25. The largest absolute Gasteiger partial charge is 0.396 e. The van der Waals surface area contributed by atoms with Crippen LogP contribution in [0.3, 0.4) is 0 Å². The zero-order chi connectivity index (χ0) is 8.53. The fourth-order valence-corrected chi connectivity index (χ4v) is 1.25. The third kappa shape index (κ3) is 6.32. The zero-order valence-electron chi connectivity index (χ0n) is 7.55. The normalized spacial score (nSPS) is 13.4. The number of aliphatic hydroxyl groups excluding tert-OH is 1. The van der Waals surface area contributed by atoms with Gasteiger partial charge in [0.1, 0.15) is 0 Å². The van der Waals surface area contributed by atoms with Crippen molar-refractivity contribution in [3.63, 3.8) is 0 Å². The van der Waals surface area contributed by atoms with Crippen molar-refractivity contribution in [3.05, 3.63) is 0 Å². The predicted molar refractivity (Wildman–Crippen MR) is 48.4 cm³/mol. The molecule has 68 valence electrons. The molecule has 1 unspecified atom stereocenters. The molecular weight excluding hydrogens is 138 g/mol. The van der Waals surface area contributed by atoms with Gasteiger partial charge >= 0.3 is 0 Å². The Balaban J connectivity index is 3.20. The Labute approximate surface area is 69.8 Å². The minimum atomic E-state index is 0.286. The molecule has 0 radical (unpaired) electrons. The smallest absolute Gasteiger partial charge is 0.0434 e. The molecule has 3 N–H and O–H groups in total. The molecule has 0 saturated heterocycles. The lowest BCUT2D eigenvalue weighted by Crippen LogP contribution is -2.15. The average molecular weight is 159 g/mol. The molecule has 2 nitrogen and oxygen atoms in total. The summed E-state index contributed by atoms with van der Waals surface area (Å²) in [5, 5.41) is 8.67. The van der Waals surface area contributed by atoms with Gasteiger partial charge < -0.3 is 10.8 Å². The van der Waals surface area contributed by atoms with Crippen molar-refractivity contribution in [2.24, 2.45) is 11.7 Å². The molecule has 0 heterocycles. The van der Waals surface area contributed by atoms with E-state index in [0.717, 1.165) is 13.0 Å². The van der Waals surface area contributed by atoms with E-state index >= 15 is 0 Å². The van der Waals surface area contributed by atoms with Gasteiger partial charge in [-0.25, -0.2) is 0 Å². The van der Waals surface area contributed by atoms with E-state index in [1.807, 2.05) is 0 Å². The van der Waals surface area contributed by atoms with E-state index in [9.17, 15) is 0 Å². The Bertz CT molecular complexity index is 76.0. The van der Waals surface area contributed by atoms with Crippen molar-refractivity contribution in [2.75, 3.05) is 13.2 Å². The van der Waals surface area contributed by atoms with Crippen LogP contribution in [0.15, 0.2) is 0 Å². The number of nitrogens with two attached hydrogens (primary N) is 1. The lowest BCUT2D eigenvalue weighted by Gasteiger charge is -2.11. The van der Waals surface area contributed by atoms with Crippen molar-refractivity contribution >= 4 is 0 Å². The molecule has 0 rings (SSSR count). The van der Waals surface area contributed by atoms with Gasteiger partial charge in [0.15, 0.2) is 0 Å². The van der Waals surface area contributed by atoms with Gasteiger partial charge in [-0.05, 0) is 25.3 Å². The Morgan fingerprint density at radius 2 is 2.00 bits per heavy atom. The van der Waals surface area contributed by atoms with Crippen molar-refractivity contribution in [3.8, 4) is 0 Å². The number of aliphatic hydroxyl groups is 1. The second-order valence-corrected chi connectivity index (χ2v) is 3.11. The van der Waals surface area contributed by atoms with E-state index < -0.39 is 0 Å². The van der Waals surface area contributed by atoms with Crippen molar-refractivity contribution in [2.45, 2.75) is 39.0 Å². The van der Waals surface area contributed by atoms with Crippen LogP contribution >= 0.6 is 0 Å². The SMILES string of the molecule is CCCCCC(CN)CCO. The molecule has 0 aromatic rings. The second-order valence-electron chi connectivity index (χ2n) is 3.11. The van der Waals surface area contributed by atoms with Crippen molar-refractivity contribution in [1.82, 2.24) is 0 Å². The van der Waals surface area contributed by atoms with Crippen LogP contribution in [0.5, 0.6) is 0 Å². The molecule has 0 bridgehead atoms. The van der Waals surface area contributed by atoms with Crippen LogP contribution in [0.4, 0.5) is 0 Å². The Kier molecular flexibility index (Phi) is 7.96. The minimum Gasteiger partial charge on any atom is -0.396 e. The summed E-state index contributed by atoms with van der Waals surface area (Å²) in [6.45, 7) is 3.21. The molecule has 0 spiro atoms. The number of rotatable bonds is 7. The highest BCUT2D eigenvalue weighted by molar-refractivity contribution is 4.59. The maximum atomic E-state index is 8.67. The summed E-state index contributed by atoms with van der Waals surface area (Å²) in [6, 6.07) is 0. The van der Waals surface area contributed by atoms with E-state index in [2.05, 4.69) is 6.92 Å². The Morgan fingerprint density at radius 1 is 1.27 bits per heavy atom. The van der Waals surface area contributed by atoms with Crippen LogP contribution in [0, 0.1) is 5.92 Å². The topological polar surface area (TPSA) is 46.2 Å². The first-order valence-electron chi connectivity index (χ1n) is 4.66. The lowest BCUT2D eigenvalue weighted by molar-refractivity contribution is 0.252. The molecule has 1 atom stereocenters. The molecule has 11 heavy (non-hydrogen) atoms. The van der Waals surface area contributed by atoms with Gasteiger partial charge in [-0.15, -0.1) is 0 Å². The maximum Gasteiger partial charge on any atom is 0.0434 e. The van der Waals surface area contributed by atoms with E-state index in [1.165, 1.54) is 25.7 Å². The average Bonchev–Trinajstić information content (AvgIpc) is 2.03. The standard InChI is InChI=1S/C9H21NO/c1-2-3-4-5-9(8-10)6-7-11/h9,11H,2-8,10H2,1H3. The van der Waals surface area contributed by atoms with Crippen LogP contribution < -0.4 is 5.73 Å². The van der Waals surface area contributed by atoms with E-state index in [1.54, 1.807) is 0 Å². The first-order valence-corrected chi connectivity index (χ1v) is 4.66. The third-order valence-corrected chi connectivity index (χ3v) is 2.09. The Morgan fingerprint density at radius 3 is 2.45 bits per heavy atom. The summed E-state index contributed by atoms with van der Waals surface area (Å²) in [6.07, 6.45) is 5.88. The third-order valence-electron chi connectivity index (χ3n) is 2.09.